The Morgan fingerprint density at radius 1 is 1.50 bits per heavy atom. The Bertz CT molecular complexity index is 532. The summed E-state index contributed by atoms with van der Waals surface area (Å²) in [5.74, 6) is -1.01. The minimum absolute atomic E-state index is 0.00636. The molecule has 2 rings (SSSR count). The Morgan fingerprint density at radius 3 is 2.88 bits per heavy atom. The fraction of sp³-hybridized carbons (Fsp3) is 0.400. The van der Waals surface area contributed by atoms with E-state index >= 15 is 0 Å². The lowest BCUT2D eigenvalue weighted by molar-refractivity contribution is 0.243. The Kier molecular flexibility index (Phi) is 2.74. The molecule has 0 unspecified atom stereocenters. The van der Waals surface area contributed by atoms with Gasteiger partial charge in [0.2, 0.25) is 5.82 Å². The van der Waals surface area contributed by atoms with E-state index < -0.39 is 17.1 Å². The molecule has 5 nitrogen and oxygen atoms in total. The van der Waals surface area contributed by atoms with Crippen molar-refractivity contribution in [3.05, 3.63) is 45.0 Å². The highest BCUT2D eigenvalue weighted by molar-refractivity contribution is 5.06. The second kappa shape index (κ2) is 4.05. The second-order valence-electron chi connectivity index (χ2n) is 3.77. The molecular formula is C10H11FN2O3. The first kappa shape index (κ1) is 10.8. The largest absolute Gasteiger partial charge is 0.396 e. The van der Waals surface area contributed by atoms with Gasteiger partial charge in [0.1, 0.15) is 0 Å². The number of halogens is 1. The third-order valence-electron chi connectivity index (χ3n) is 2.67. The molecule has 0 radical (unpaired) electrons. The van der Waals surface area contributed by atoms with E-state index in [9.17, 15) is 14.0 Å². The van der Waals surface area contributed by atoms with E-state index in [1.165, 1.54) is 0 Å². The third kappa shape index (κ3) is 1.83. The van der Waals surface area contributed by atoms with Crippen molar-refractivity contribution < 1.29 is 9.50 Å². The van der Waals surface area contributed by atoms with E-state index in [4.69, 9.17) is 5.11 Å². The number of hydrogen-bond donors (Lipinski definition) is 2. The van der Waals surface area contributed by atoms with Crippen molar-refractivity contribution in [2.24, 2.45) is 5.92 Å². The topological polar surface area (TPSA) is 75.1 Å². The smallest absolute Gasteiger partial charge is 0.329 e. The van der Waals surface area contributed by atoms with Gasteiger partial charge >= 0.3 is 5.69 Å². The normalized spacial score (nSPS) is 23.9. The first-order valence-electron chi connectivity index (χ1n) is 4.92. The van der Waals surface area contributed by atoms with Crippen LogP contribution in [-0.2, 0) is 0 Å². The van der Waals surface area contributed by atoms with E-state index in [0.717, 1.165) is 10.8 Å². The molecule has 1 heterocycles. The van der Waals surface area contributed by atoms with Crippen molar-refractivity contribution in [1.82, 2.24) is 9.55 Å². The lowest BCUT2D eigenvalue weighted by atomic mass is 10.1. The molecule has 1 aromatic heterocycles. The lowest BCUT2D eigenvalue weighted by Gasteiger charge is -2.12. The van der Waals surface area contributed by atoms with Crippen molar-refractivity contribution in [1.29, 1.82) is 0 Å². The molecule has 86 valence electrons. The first-order chi connectivity index (χ1) is 7.61. The summed E-state index contributed by atoms with van der Waals surface area (Å²) in [6.45, 7) is -0.00636. The molecule has 16 heavy (non-hydrogen) atoms. The number of rotatable bonds is 2. The van der Waals surface area contributed by atoms with Crippen LogP contribution in [0.15, 0.2) is 27.9 Å². The van der Waals surface area contributed by atoms with Crippen LogP contribution in [0.25, 0.3) is 0 Å². The van der Waals surface area contributed by atoms with Crippen LogP contribution in [0.2, 0.25) is 0 Å². The predicted octanol–water partition coefficient (Wildman–Crippen LogP) is -0.215. The molecule has 1 aromatic rings. The van der Waals surface area contributed by atoms with E-state index in [0.29, 0.717) is 6.42 Å². The molecule has 0 aliphatic heterocycles. The van der Waals surface area contributed by atoms with Crippen LogP contribution in [0.1, 0.15) is 12.5 Å². The van der Waals surface area contributed by atoms with Gasteiger partial charge in [0.25, 0.3) is 5.56 Å². The van der Waals surface area contributed by atoms with E-state index in [-0.39, 0.29) is 18.6 Å². The van der Waals surface area contributed by atoms with Crippen LogP contribution in [0.3, 0.4) is 0 Å². The van der Waals surface area contributed by atoms with E-state index in [1.807, 2.05) is 4.98 Å². The van der Waals surface area contributed by atoms with Gasteiger partial charge in [-0.1, -0.05) is 12.2 Å². The predicted molar refractivity (Wildman–Crippen MR) is 54.7 cm³/mol. The average Bonchev–Trinajstić information content (AvgIpc) is 2.71. The zero-order valence-electron chi connectivity index (χ0n) is 8.39. The number of aromatic amines is 1. The summed E-state index contributed by atoms with van der Waals surface area (Å²) in [4.78, 5) is 24.1. The molecule has 0 amide bonds. The van der Waals surface area contributed by atoms with Gasteiger partial charge in [-0.25, -0.2) is 4.79 Å². The van der Waals surface area contributed by atoms with Gasteiger partial charge in [-0.3, -0.25) is 14.3 Å². The number of nitrogens with zero attached hydrogens (tertiary/aromatic N) is 1. The third-order valence-corrected chi connectivity index (χ3v) is 2.67. The number of hydrogen-bond acceptors (Lipinski definition) is 3. The second-order valence-corrected chi connectivity index (χ2v) is 3.77. The first-order valence-corrected chi connectivity index (χ1v) is 4.92. The van der Waals surface area contributed by atoms with Gasteiger partial charge in [-0.05, 0) is 6.42 Å². The van der Waals surface area contributed by atoms with Gasteiger partial charge in [-0.2, -0.15) is 4.39 Å². The zero-order chi connectivity index (χ0) is 11.7. The highest BCUT2D eigenvalue weighted by Crippen LogP contribution is 2.25. The fourth-order valence-corrected chi connectivity index (χ4v) is 1.80. The number of aromatic nitrogens is 2. The lowest BCUT2D eigenvalue weighted by Crippen LogP contribution is -2.33. The van der Waals surface area contributed by atoms with Crippen LogP contribution in [-0.4, -0.2) is 21.3 Å². The maximum absolute atomic E-state index is 13.0. The average molecular weight is 226 g/mol. The number of H-pyrrole nitrogens is 1. The number of allylic oxidation sites excluding steroid dienone is 1. The quantitative estimate of drug-likeness (QED) is 0.685. The SMILES string of the molecule is O=c1[nH]c(=O)n([C@H]2C=C[C@@H](CO)C2)cc1F. The molecule has 6 heteroatoms. The molecule has 2 atom stereocenters. The highest BCUT2D eigenvalue weighted by atomic mass is 19.1. The summed E-state index contributed by atoms with van der Waals surface area (Å²) in [6.07, 6.45) is 4.93. The minimum Gasteiger partial charge on any atom is -0.396 e. The monoisotopic (exact) mass is 226 g/mol. The van der Waals surface area contributed by atoms with Gasteiger partial charge < -0.3 is 5.11 Å². The Morgan fingerprint density at radius 2 is 2.25 bits per heavy atom. The van der Waals surface area contributed by atoms with Crippen molar-refractivity contribution in [3.8, 4) is 0 Å². The number of aliphatic hydroxyl groups excluding tert-OH is 1. The van der Waals surface area contributed by atoms with Gasteiger partial charge in [0.15, 0.2) is 0 Å². The molecule has 1 aliphatic rings. The highest BCUT2D eigenvalue weighted by Gasteiger charge is 2.21. The van der Waals surface area contributed by atoms with E-state index in [1.54, 1.807) is 12.2 Å². The maximum Gasteiger partial charge on any atom is 0.329 e. The maximum atomic E-state index is 13.0. The van der Waals surface area contributed by atoms with Crippen molar-refractivity contribution >= 4 is 0 Å². The van der Waals surface area contributed by atoms with Crippen LogP contribution in [0, 0.1) is 11.7 Å². The van der Waals surface area contributed by atoms with E-state index in [2.05, 4.69) is 0 Å². The fourth-order valence-electron chi connectivity index (χ4n) is 1.80. The summed E-state index contributed by atoms with van der Waals surface area (Å²) < 4.78 is 14.1. The summed E-state index contributed by atoms with van der Waals surface area (Å²) in [6, 6.07) is -0.309. The Labute approximate surface area is 89.9 Å². The number of aliphatic hydroxyl groups is 1. The van der Waals surface area contributed by atoms with Gasteiger partial charge in [0.05, 0.1) is 12.2 Å². The van der Waals surface area contributed by atoms with Crippen molar-refractivity contribution in [3.63, 3.8) is 0 Å². The van der Waals surface area contributed by atoms with Crippen LogP contribution in [0.4, 0.5) is 4.39 Å². The number of nitrogens with one attached hydrogen (secondary N) is 1. The van der Waals surface area contributed by atoms with Crippen molar-refractivity contribution in [2.75, 3.05) is 6.61 Å². The molecule has 0 saturated carbocycles. The molecule has 0 bridgehead atoms. The van der Waals surface area contributed by atoms with Gasteiger partial charge in [0, 0.05) is 12.5 Å². The molecule has 2 N–H and O–H groups in total. The summed E-state index contributed by atoms with van der Waals surface area (Å²) >= 11 is 0. The minimum atomic E-state index is -1.01. The molecule has 0 spiro atoms. The summed E-state index contributed by atoms with van der Waals surface area (Å²) in [5, 5.41) is 8.93. The van der Waals surface area contributed by atoms with Crippen LogP contribution in [0.5, 0.6) is 0 Å². The Hall–Kier alpha value is -1.69. The molecule has 0 aromatic carbocycles. The van der Waals surface area contributed by atoms with Crippen LogP contribution >= 0.6 is 0 Å². The molecule has 1 aliphatic carbocycles. The van der Waals surface area contributed by atoms with Crippen LogP contribution < -0.4 is 11.2 Å². The van der Waals surface area contributed by atoms with Gasteiger partial charge in [-0.15, -0.1) is 0 Å². The summed E-state index contributed by atoms with van der Waals surface area (Å²) in [5.41, 5.74) is -1.65. The zero-order valence-corrected chi connectivity index (χ0v) is 8.39. The molecule has 0 saturated heterocycles. The Balaban J connectivity index is 2.36. The molecule has 0 fully saturated rings. The molecular weight excluding hydrogens is 215 g/mol. The summed E-state index contributed by atoms with van der Waals surface area (Å²) in [7, 11) is 0. The standard InChI is InChI=1S/C10H11FN2O3/c11-8-4-13(10(16)12-9(8)15)7-2-1-6(3-7)5-14/h1-2,4,6-7,14H,3,5H2,(H,12,15,16)/t6-,7+/m1/s1. The van der Waals surface area contributed by atoms with Crippen molar-refractivity contribution in [2.45, 2.75) is 12.5 Å².